The fourth-order valence-electron chi connectivity index (χ4n) is 3.20. The zero-order chi connectivity index (χ0) is 15.1. The van der Waals surface area contributed by atoms with E-state index in [-0.39, 0.29) is 12.0 Å². The van der Waals surface area contributed by atoms with E-state index in [1.54, 1.807) is 0 Å². The Hall–Kier alpha value is -0.610. The molecule has 2 rings (SSSR count). The molecule has 1 unspecified atom stereocenters. The highest BCUT2D eigenvalue weighted by molar-refractivity contribution is 5.76. The van der Waals surface area contributed by atoms with Crippen molar-refractivity contribution < 1.29 is 9.53 Å². The first-order valence-electron chi connectivity index (χ1n) is 8.74. The highest BCUT2D eigenvalue weighted by atomic mass is 16.5. The summed E-state index contributed by atoms with van der Waals surface area (Å²) in [5.41, 5.74) is 0. The molecule has 0 aromatic heterocycles. The normalized spacial score (nSPS) is 24.6. The quantitative estimate of drug-likeness (QED) is 0.784. The number of hydrogen-bond donors (Lipinski definition) is 1. The lowest BCUT2D eigenvalue weighted by Gasteiger charge is -2.32. The molecule has 1 N–H and O–H groups in total. The Kier molecular flexibility index (Phi) is 6.97. The van der Waals surface area contributed by atoms with Crippen LogP contribution in [0.25, 0.3) is 0 Å². The predicted molar refractivity (Wildman–Crippen MR) is 85.2 cm³/mol. The highest BCUT2D eigenvalue weighted by Gasteiger charge is 2.22. The van der Waals surface area contributed by atoms with Crippen molar-refractivity contribution in [2.75, 3.05) is 32.8 Å². The first kappa shape index (κ1) is 16.8. The Morgan fingerprint density at radius 2 is 2.05 bits per heavy atom. The molecule has 1 amide bonds. The van der Waals surface area contributed by atoms with Gasteiger partial charge in [0.05, 0.1) is 12.5 Å². The highest BCUT2D eigenvalue weighted by Crippen LogP contribution is 2.18. The Bertz CT molecular complexity index is 306. The molecule has 2 saturated heterocycles. The summed E-state index contributed by atoms with van der Waals surface area (Å²) in [4.78, 5) is 14.5. The van der Waals surface area contributed by atoms with Gasteiger partial charge in [0.1, 0.15) is 0 Å². The second kappa shape index (κ2) is 8.74. The summed E-state index contributed by atoms with van der Waals surface area (Å²) in [7, 11) is 0. The van der Waals surface area contributed by atoms with Gasteiger partial charge in [0.2, 0.25) is 5.91 Å². The van der Waals surface area contributed by atoms with E-state index in [9.17, 15) is 4.79 Å². The van der Waals surface area contributed by atoms with Crippen molar-refractivity contribution in [1.29, 1.82) is 0 Å². The van der Waals surface area contributed by atoms with E-state index in [0.717, 1.165) is 31.9 Å². The summed E-state index contributed by atoms with van der Waals surface area (Å²) >= 11 is 0. The van der Waals surface area contributed by atoms with Crippen LogP contribution in [0.15, 0.2) is 0 Å². The maximum atomic E-state index is 11.9. The van der Waals surface area contributed by atoms with Gasteiger partial charge >= 0.3 is 0 Å². The average molecular weight is 296 g/mol. The topological polar surface area (TPSA) is 41.6 Å². The van der Waals surface area contributed by atoms with Gasteiger partial charge in [-0.3, -0.25) is 4.79 Å². The molecule has 4 heteroatoms. The number of nitrogens with zero attached hydrogens (tertiary/aromatic N) is 1. The zero-order valence-corrected chi connectivity index (χ0v) is 13.8. The maximum Gasteiger partial charge on any atom is 0.222 e. The molecular formula is C17H32N2O2. The Morgan fingerprint density at radius 3 is 2.67 bits per heavy atom. The van der Waals surface area contributed by atoms with Crippen molar-refractivity contribution in [2.45, 2.75) is 58.5 Å². The molecule has 0 saturated carbocycles. The second-order valence-electron chi connectivity index (χ2n) is 7.11. The lowest BCUT2D eigenvalue weighted by Crippen LogP contribution is -2.39. The van der Waals surface area contributed by atoms with E-state index >= 15 is 0 Å². The Balaban J connectivity index is 1.54. The molecular weight excluding hydrogens is 264 g/mol. The third-order valence-electron chi connectivity index (χ3n) is 4.75. The van der Waals surface area contributed by atoms with Crippen molar-refractivity contribution in [2.24, 2.45) is 11.8 Å². The molecule has 122 valence electrons. The molecule has 0 radical (unpaired) electrons. The van der Waals surface area contributed by atoms with Crippen LogP contribution in [0.2, 0.25) is 0 Å². The lowest BCUT2D eigenvalue weighted by molar-refractivity contribution is -0.123. The van der Waals surface area contributed by atoms with Gasteiger partial charge in [0.25, 0.3) is 0 Å². The fourth-order valence-corrected chi connectivity index (χ4v) is 3.20. The summed E-state index contributed by atoms with van der Waals surface area (Å²) in [5.74, 6) is 1.62. The van der Waals surface area contributed by atoms with Gasteiger partial charge in [-0.05, 0) is 63.6 Å². The van der Waals surface area contributed by atoms with E-state index in [1.807, 2.05) is 0 Å². The molecule has 2 heterocycles. The van der Waals surface area contributed by atoms with E-state index < -0.39 is 0 Å². The second-order valence-corrected chi connectivity index (χ2v) is 7.11. The van der Waals surface area contributed by atoms with Crippen LogP contribution in [0.5, 0.6) is 0 Å². The predicted octanol–water partition coefficient (Wildman–Crippen LogP) is 2.43. The molecule has 0 bridgehead atoms. The van der Waals surface area contributed by atoms with E-state index in [0.29, 0.717) is 12.3 Å². The number of amides is 1. The van der Waals surface area contributed by atoms with Crippen LogP contribution in [-0.4, -0.2) is 49.7 Å². The van der Waals surface area contributed by atoms with Gasteiger partial charge in [-0.1, -0.05) is 13.8 Å². The first-order valence-corrected chi connectivity index (χ1v) is 8.74. The summed E-state index contributed by atoms with van der Waals surface area (Å²) < 4.78 is 5.51. The number of piperidine rings is 1. The average Bonchev–Trinajstić information content (AvgIpc) is 2.97. The minimum Gasteiger partial charge on any atom is -0.378 e. The van der Waals surface area contributed by atoms with Crippen molar-refractivity contribution in [3.05, 3.63) is 0 Å². The van der Waals surface area contributed by atoms with Crippen LogP contribution >= 0.6 is 0 Å². The minimum absolute atomic E-state index is 0.169. The third kappa shape index (κ3) is 6.35. The fraction of sp³-hybridized carbons (Fsp3) is 0.941. The summed E-state index contributed by atoms with van der Waals surface area (Å²) in [5, 5.41) is 3.11. The number of rotatable bonds is 7. The number of likely N-dealkylation sites (tertiary alicyclic amines) is 1. The third-order valence-corrected chi connectivity index (χ3v) is 4.75. The lowest BCUT2D eigenvalue weighted by atomic mass is 9.96. The molecule has 4 nitrogen and oxygen atoms in total. The summed E-state index contributed by atoms with van der Waals surface area (Å²) in [6.45, 7) is 9.87. The number of ether oxygens (including phenoxy) is 1. The van der Waals surface area contributed by atoms with Crippen LogP contribution in [0.4, 0.5) is 0 Å². The monoisotopic (exact) mass is 296 g/mol. The molecule has 0 aromatic rings. The maximum absolute atomic E-state index is 11.9. The molecule has 2 aliphatic rings. The van der Waals surface area contributed by atoms with Gasteiger partial charge < -0.3 is 15.0 Å². The molecule has 1 atom stereocenters. The zero-order valence-electron chi connectivity index (χ0n) is 13.8. The van der Waals surface area contributed by atoms with E-state index in [2.05, 4.69) is 24.1 Å². The first-order chi connectivity index (χ1) is 10.1. The van der Waals surface area contributed by atoms with Gasteiger partial charge in [-0.2, -0.15) is 0 Å². The number of hydrogen-bond acceptors (Lipinski definition) is 3. The van der Waals surface area contributed by atoms with Gasteiger partial charge in [0, 0.05) is 13.2 Å². The van der Waals surface area contributed by atoms with Crippen molar-refractivity contribution >= 4 is 5.91 Å². The van der Waals surface area contributed by atoms with E-state index in [4.69, 9.17) is 4.74 Å². The van der Waals surface area contributed by atoms with Gasteiger partial charge in [0.15, 0.2) is 0 Å². The molecule has 2 aliphatic heterocycles. The molecule has 21 heavy (non-hydrogen) atoms. The van der Waals surface area contributed by atoms with Crippen molar-refractivity contribution in [3.63, 3.8) is 0 Å². The van der Waals surface area contributed by atoms with Crippen molar-refractivity contribution in [3.8, 4) is 0 Å². The van der Waals surface area contributed by atoms with Crippen LogP contribution < -0.4 is 5.32 Å². The largest absolute Gasteiger partial charge is 0.378 e. The standard InChI is InChI=1S/C17H32N2O2/c1-14(2)5-8-19-9-6-15(7-10-19)13-18-17(20)12-16-4-3-11-21-16/h14-16H,3-13H2,1-2H3,(H,18,20). The SMILES string of the molecule is CC(C)CCN1CCC(CNC(=O)CC2CCCO2)CC1. The number of nitrogens with one attached hydrogen (secondary N) is 1. The van der Waals surface area contributed by atoms with Gasteiger partial charge in [-0.15, -0.1) is 0 Å². The smallest absolute Gasteiger partial charge is 0.222 e. The Morgan fingerprint density at radius 1 is 1.29 bits per heavy atom. The molecule has 0 aliphatic carbocycles. The minimum atomic E-state index is 0.169. The Labute approximate surface area is 129 Å². The van der Waals surface area contributed by atoms with Crippen LogP contribution in [0.3, 0.4) is 0 Å². The summed E-state index contributed by atoms with van der Waals surface area (Å²) in [6, 6.07) is 0. The van der Waals surface area contributed by atoms with Crippen LogP contribution in [-0.2, 0) is 9.53 Å². The number of carbonyl (C=O) groups excluding carboxylic acids is 1. The van der Waals surface area contributed by atoms with Crippen LogP contribution in [0, 0.1) is 11.8 Å². The molecule has 2 fully saturated rings. The molecule has 0 spiro atoms. The van der Waals surface area contributed by atoms with Gasteiger partial charge in [-0.25, -0.2) is 0 Å². The molecule has 0 aromatic carbocycles. The van der Waals surface area contributed by atoms with Crippen LogP contribution in [0.1, 0.15) is 52.4 Å². The number of carbonyl (C=O) groups is 1. The van der Waals surface area contributed by atoms with E-state index in [1.165, 1.54) is 38.9 Å². The van der Waals surface area contributed by atoms with Crippen molar-refractivity contribution in [1.82, 2.24) is 10.2 Å². The summed E-state index contributed by atoms with van der Waals surface area (Å²) in [6.07, 6.45) is 6.60.